The Morgan fingerprint density at radius 3 is 2.78 bits per heavy atom. The van der Waals surface area contributed by atoms with Gasteiger partial charge >= 0.3 is 5.91 Å². The van der Waals surface area contributed by atoms with Crippen LogP contribution in [-0.4, -0.2) is 16.0 Å². The molecule has 9 heteroatoms. The molecule has 2 heterocycles. The maximum Gasteiger partial charge on any atom is 0.307 e. The highest BCUT2D eigenvalue weighted by Gasteiger charge is 2.19. The second-order valence-electron chi connectivity index (χ2n) is 5.78. The minimum absolute atomic E-state index is 0.177. The summed E-state index contributed by atoms with van der Waals surface area (Å²) in [5.74, 6) is -0.760. The molecule has 0 atom stereocenters. The summed E-state index contributed by atoms with van der Waals surface area (Å²) in [5.41, 5.74) is 1.59. The molecule has 0 radical (unpaired) electrons. The molecule has 0 saturated carbocycles. The fourth-order valence-corrected chi connectivity index (χ4v) is 5.22. The molecule has 2 aromatic heterocycles. The molecule has 5 nitrogen and oxygen atoms in total. The third-order valence-electron chi connectivity index (χ3n) is 4.16. The van der Waals surface area contributed by atoms with Crippen LogP contribution in [0.1, 0.15) is 15.2 Å². The van der Waals surface area contributed by atoms with Crippen molar-refractivity contribution in [2.75, 3.05) is 0 Å². The first-order valence-electron chi connectivity index (χ1n) is 7.70. The highest BCUT2D eigenvalue weighted by molar-refractivity contribution is 9.10. The molecule has 0 aliphatic rings. The second kappa shape index (κ2) is 6.91. The van der Waals surface area contributed by atoms with E-state index in [1.807, 2.05) is 25.1 Å². The molecule has 0 unspecified atom stereocenters. The minimum Gasteiger partial charge on any atom is -0.493 e. The Morgan fingerprint density at radius 1 is 1.26 bits per heavy atom. The number of carbonyl (C=O) groups is 1. The van der Waals surface area contributed by atoms with Crippen molar-refractivity contribution in [1.29, 1.82) is 0 Å². The lowest BCUT2D eigenvalue weighted by atomic mass is 10.1. The summed E-state index contributed by atoms with van der Waals surface area (Å²) in [7, 11) is 0. The number of azo groups is 1. The van der Waals surface area contributed by atoms with Crippen molar-refractivity contribution in [3.8, 4) is 5.88 Å². The standard InChI is InChI=1S/C18H10BrCl2N3O2S/c1-7-10(20)6-5-8-14(7)22-17(25)15(8)23-24-18(26)16-13(21)12-9(19)3-2-4-11(12)27-16/h2-6,22,25H,1H3. The van der Waals surface area contributed by atoms with Crippen LogP contribution in [0.25, 0.3) is 21.0 Å². The van der Waals surface area contributed by atoms with Gasteiger partial charge in [0.2, 0.25) is 5.88 Å². The molecule has 1 amide bonds. The summed E-state index contributed by atoms with van der Waals surface area (Å²) in [6.07, 6.45) is 0. The number of halogens is 3. The van der Waals surface area contributed by atoms with Gasteiger partial charge in [-0.1, -0.05) is 45.2 Å². The van der Waals surface area contributed by atoms with E-state index in [1.165, 1.54) is 11.3 Å². The first kappa shape index (κ1) is 18.4. The van der Waals surface area contributed by atoms with Crippen molar-refractivity contribution in [3.63, 3.8) is 0 Å². The maximum absolute atomic E-state index is 12.5. The average Bonchev–Trinajstić information content (AvgIpc) is 3.14. The van der Waals surface area contributed by atoms with Gasteiger partial charge in [-0.05, 0) is 36.8 Å². The average molecular weight is 483 g/mol. The van der Waals surface area contributed by atoms with E-state index in [4.69, 9.17) is 23.2 Å². The van der Waals surface area contributed by atoms with Gasteiger partial charge in [0.15, 0.2) is 5.69 Å². The molecule has 136 valence electrons. The number of rotatable bonds is 2. The van der Waals surface area contributed by atoms with Gasteiger partial charge in [-0.15, -0.1) is 21.6 Å². The van der Waals surface area contributed by atoms with Gasteiger partial charge in [0.25, 0.3) is 0 Å². The Bertz CT molecular complexity index is 1260. The number of carbonyl (C=O) groups excluding carboxylic acids is 1. The normalized spacial score (nSPS) is 11.9. The van der Waals surface area contributed by atoms with Crippen LogP contribution >= 0.6 is 50.5 Å². The first-order valence-corrected chi connectivity index (χ1v) is 10.1. The van der Waals surface area contributed by atoms with Crippen molar-refractivity contribution in [1.82, 2.24) is 4.98 Å². The van der Waals surface area contributed by atoms with Gasteiger partial charge in [-0.25, -0.2) is 0 Å². The smallest absolute Gasteiger partial charge is 0.307 e. The van der Waals surface area contributed by atoms with Crippen molar-refractivity contribution in [2.24, 2.45) is 10.2 Å². The Hall–Kier alpha value is -1.93. The van der Waals surface area contributed by atoms with Crippen LogP contribution in [-0.2, 0) is 0 Å². The van der Waals surface area contributed by atoms with Crippen LogP contribution in [0.4, 0.5) is 5.69 Å². The number of nitrogens with one attached hydrogen (secondary N) is 1. The van der Waals surface area contributed by atoms with Crippen LogP contribution in [0, 0.1) is 6.92 Å². The van der Waals surface area contributed by atoms with Crippen LogP contribution < -0.4 is 0 Å². The topological polar surface area (TPSA) is 77.8 Å². The van der Waals surface area contributed by atoms with E-state index in [0.717, 1.165) is 20.1 Å². The van der Waals surface area contributed by atoms with Gasteiger partial charge in [0.1, 0.15) is 4.88 Å². The van der Waals surface area contributed by atoms with Crippen LogP contribution in [0.15, 0.2) is 45.0 Å². The highest BCUT2D eigenvalue weighted by atomic mass is 79.9. The summed E-state index contributed by atoms with van der Waals surface area (Å²) in [4.78, 5) is 15.7. The zero-order chi connectivity index (χ0) is 19.3. The SMILES string of the molecule is Cc1c(Cl)ccc2c(N=NC(=O)c3sc4cccc(Br)c4c3Cl)c(O)[nH]c12. The third-order valence-corrected chi connectivity index (χ3v) is 6.87. The fourth-order valence-electron chi connectivity index (χ4n) is 2.80. The zero-order valence-corrected chi connectivity index (χ0v) is 17.6. The van der Waals surface area contributed by atoms with Gasteiger partial charge in [-0.2, -0.15) is 0 Å². The highest BCUT2D eigenvalue weighted by Crippen LogP contribution is 2.41. The summed E-state index contributed by atoms with van der Waals surface area (Å²) in [6, 6.07) is 9.01. The minimum atomic E-state index is -0.576. The fraction of sp³-hybridized carbons (Fsp3) is 0.0556. The Balaban J connectivity index is 1.76. The van der Waals surface area contributed by atoms with E-state index in [-0.39, 0.29) is 11.6 Å². The van der Waals surface area contributed by atoms with E-state index in [1.54, 1.807) is 12.1 Å². The van der Waals surface area contributed by atoms with E-state index < -0.39 is 5.91 Å². The lowest BCUT2D eigenvalue weighted by molar-refractivity contribution is 0.0999. The Labute approximate surface area is 175 Å². The number of benzene rings is 2. The number of H-pyrrole nitrogens is 1. The van der Waals surface area contributed by atoms with E-state index >= 15 is 0 Å². The molecule has 0 bridgehead atoms. The largest absolute Gasteiger partial charge is 0.493 e. The molecule has 27 heavy (non-hydrogen) atoms. The lowest BCUT2D eigenvalue weighted by Gasteiger charge is -1.98. The van der Waals surface area contributed by atoms with Crippen molar-refractivity contribution < 1.29 is 9.90 Å². The molecular formula is C18H10BrCl2N3O2S. The predicted molar refractivity (Wildman–Crippen MR) is 113 cm³/mol. The molecule has 0 aliphatic carbocycles. The van der Waals surface area contributed by atoms with E-state index in [0.29, 0.717) is 25.8 Å². The first-order chi connectivity index (χ1) is 12.9. The number of hydrogen-bond acceptors (Lipinski definition) is 4. The van der Waals surface area contributed by atoms with Crippen molar-refractivity contribution in [2.45, 2.75) is 6.92 Å². The predicted octanol–water partition coefficient (Wildman–Crippen LogP) is 7.39. The number of aromatic hydroxyl groups is 1. The molecule has 0 aliphatic heterocycles. The van der Waals surface area contributed by atoms with E-state index in [9.17, 15) is 9.90 Å². The number of thiophene rings is 1. The zero-order valence-electron chi connectivity index (χ0n) is 13.7. The molecule has 2 N–H and O–H groups in total. The number of aryl methyl sites for hydroxylation is 1. The lowest BCUT2D eigenvalue weighted by Crippen LogP contribution is -1.89. The Morgan fingerprint density at radius 2 is 2.04 bits per heavy atom. The number of aromatic amines is 1. The third kappa shape index (κ3) is 3.04. The summed E-state index contributed by atoms with van der Waals surface area (Å²) < 4.78 is 1.67. The molecule has 2 aromatic carbocycles. The quantitative estimate of drug-likeness (QED) is 0.292. The number of nitrogens with zero attached hydrogens (tertiary/aromatic N) is 2. The number of hydrogen-bond donors (Lipinski definition) is 2. The van der Waals surface area contributed by atoms with E-state index in [2.05, 4.69) is 31.1 Å². The second-order valence-corrected chi connectivity index (χ2v) is 8.47. The van der Waals surface area contributed by atoms with Crippen molar-refractivity contribution >= 4 is 83.1 Å². The van der Waals surface area contributed by atoms with Gasteiger partial charge < -0.3 is 10.1 Å². The van der Waals surface area contributed by atoms with Gasteiger partial charge in [0, 0.05) is 25.0 Å². The van der Waals surface area contributed by atoms with Crippen LogP contribution in [0.5, 0.6) is 5.88 Å². The van der Waals surface area contributed by atoms with Crippen LogP contribution in [0.3, 0.4) is 0 Å². The molecule has 4 aromatic rings. The molecule has 0 spiro atoms. The molecule has 0 saturated heterocycles. The number of aromatic nitrogens is 1. The van der Waals surface area contributed by atoms with Crippen LogP contribution in [0.2, 0.25) is 10.0 Å². The monoisotopic (exact) mass is 481 g/mol. The van der Waals surface area contributed by atoms with Gasteiger partial charge in [-0.3, -0.25) is 4.79 Å². The van der Waals surface area contributed by atoms with Crippen molar-refractivity contribution in [3.05, 3.63) is 55.3 Å². The maximum atomic E-state index is 12.5. The molecule has 0 fully saturated rings. The summed E-state index contributed by atoms with van der Waals surface area (Å²) >= 11 is 17.2. The number of amides is 1. The summed E-state index contributed by atoms with van der Waals surface area (Å²) in [6.45, 7) is 1.82. The molecular weight excluding hydrogens is 473 g/mol. The van der Waals surface area contributed by atoms with Gasteiger partial charge in [0.05, 0.1) is 10.5 Å². The number of fused-ring (bicyclic) bond motifs is 2. The molecule has 4 rings (SSSR count). The Kier molecular flexibility index (Phi) is 4.71. The summed E-state index contributed by atoms with van der Waals surface area (Å²) in [5, 5.41) is 20.2.